The lowest BCUT2D eigenvalue weighted by atomic mass is 10.2. The van der Waals surface area contributed by atoms with Crippen LogP contribution in [0, 0.1) is 5.41 Å². The van der Waals surface area contributed by atoms with E-state index in [1.54, 1.807) is 9.25 Å². The fourth-order valence-corrected chi connectivity index (χ4v) is 4.08. The van der Waals surface area contributed by atoms with E-state index in [1.807, 2.05) is 30.5 Å². The Morgan fingerprint density at radius 1 is 1.10 bits per heavy atom. The van der Waals surface area contributed by atoms with Crippen LogP contribution < -0.4 is 9.54 Å². The molecule has 0 fully saturated rings. The molecule has 4 rings (SSSR count). The summed E-state index contributed by atoms with van der Waals surface area (Å²) >= 11 is 4.48. The van der Waals surface area contributed by atoms with Crippen molar-refractivity contribution in [2.45, 2.75) is 19.5 Å². The Labute approximate surface area is 174 Å². The molecule has 0 aliphatic rings. The summed E-state index contributed by atoms with van der Waals surface area (Å²) in [5.74, 6) is -0.297. The summed E-state index contributed by atoms with van der Waals surface area (Å²) in [6.45, 7) is 0.897. The van der Waals surface area contributed by atoms with Gasteiger partial charge < -0.3 is 9.30 Å². The molecule has 2 heterocycles. The van der Waals surface area contributed by atoms with Crippen LogP contribution in [-0.2, 0) is 13.1 Å². The topological polar surface area (TPSA) is 68.7 Å². The van der Waals surface area contributed by atoms with E-state index in [-0.39, 0.29) is 10.6 Å². The van der Waals surface area contributed by atoms with E-state index in [1.165, 1.54) is 18.2 Å². The first kappa shape index (κ1) is 19.6. The third kappa shape index (κ3) is 4.51. The summed E-state index contributed by atoms with van der Waals surface area (Å²) < 4.78 is 46.1. The molecule has 150 valence electrons. The number of aryl methyl sites for hydroxylation is 2. The lowest BCUT2D eigenvalue weighted by Gasteiger charge is -2.09. The molecule has 11 heteroatoms. The second kappa shape index (κ2) is 7.64. The van der Waals surface area contributed by atoms with Gasteiger partial charge in [0, 0.05) is 16.6 Å². The number of aromatic nitrogens is 4. The Morgan fingerprint density at radius 2 is 1.86 bits per heavy atom. The highest BCUT2D eigenvalue weighted by Gasteiger charge is 2.31. The number of hydrogen-bond donors (Lipinski definition) is 1. The van der Waals surface area contributed by atoms with E-state index in [0.29, 0.717) is 23.3 Å². The number of alkyl halides is 3. The number of rotatable bonds is 5. The van der Waals surface area contributed by atoms with E-state index in [4.69, 9.17) is 5.41 Å². The number of benzene rings is 2. The molecule has 0 atom stereocenters. The van der Waals surface area contributed by atoms with Crippen molar-refractivity contribution in [2.24, 2.45) is 0 Å². The van der Waals surface area contributed by atoms with E-state index >= 15 is 0 Å². The zero-order chi connectivity index (χ0) is 20.6. The van der Waals surface area contributed by atoms with Crippen molar-refractivity contribution in [1.29, 1.82) is 5.41 Å². The highest BCUT2D eigenvalue weighted by molar-refractivity contribution is 9.10. The van der Waals surface area contributed by atoms with Gasteiger partial charge in [-0.2, -0.15) is 0 Å². The molecule has 2 aromatic heterocycles. The van der Waals surface area contributed by atoms with Crippen molar-refractivity contribution in [1.82, 2.24) is 19.6 Å². The van der Waals surface area contributed by atoms with Gasteiger partial charge in [0.05, 0.1) is 23.0 Å². The van der Waals surface area contributed by atoms with Crippen molar-refractivity contribution in [3.63, 3.8) is 0 Å². The molecule has 0 aliphatic heterocycles. The van der Waals surface area contributed by atoms with Crippen LogP contribution in [0.3, 0.4) is 0 Å². The predicted molar refractivity (Wildman–Crippen MR) is 106 cm³/mol. The number of thiazole rings is 1. The molecule has 0 spiro atoms. The summed E-state index contributed by atoms with van der Waals surface area (Å²) in [4.78, 5) is 0.234. The average molecular weight is 484 g/mol. The highest BCUT2D eigenvalue weighted by atomic mass is 79.9. The van der Waals surface area contributed by atoms with Crippen LogP contribution in [0.2, 0.25) is 0 Å². The molecule has 29 heavy (non-hydrogen) atoms. The first-order valence-corrected chi connectivity index (χ1v) is 9.99. The van der Waals surface area contributed by atoms with Gasteiger partial charge in [0.25, 0.3) is 0 Å². The molecule has 4 aromatic rings. The maximum Gasteiger partial charge on any atom is 0.573 e. The summed E-state index contributed by atoms with van der Waals surface area (Å²) in [7, 11) is 0. The molecule has 0 saturated heterocycles. The van der Waals surface area contributed by atoms with Gasteiger partial charge >= 0.3 is 6.36 Å². The molecule has 2 aromatic carbocycles. The molecule has 0 saturated carbocycles. The van der Waals surface area contributed by atoms with Crippen LogP contribution in [0.25, 0.3) is 21.5 Å². The number of nitrogens with zero attached hydrogens (tertiary/aromatic N) is 4. The Hall–Kier alpha value is -2.66. The summed E-state index contributed by atoms with van der Waals surface area (Å²) in [6, 6.07) is 11.8. The summed E-state index contributed by atoms with van der Waals surface area (Å²) in [5, 5.41) is 16.4. The van der Waals surface area contributed by atoms with Crippen LogP contribution in [0.15, 0.2) is 53.1 Å². The molecule has 0 unspecified atom stereocenters. The number of fused-ring (bicyclic) bond motifs is 1. The molecule has 0 aliphatic carbocycles. The SMILES string of the molecule is N=c1sc2cc(OC(F)(F)F)ccc2n1CCn1cc(-c2ccc(Br)cc2)nn1. The van der Waals surface area contributed by atoms with Crippen LogP contribution >= 0.6 is 27.3 Å². The van der Waals surface area contributed by atoms with Crippen LogP contribution in [0.5, 0.6) is 5.75 Å². The quantitative estimate of drug-likeness (QED) is 0.443. The fourth-order valence-electron chi connectivity index (χ4n) is 2.85. The van der Waals surface area contributed by atoms with Crippen molar-refractivity contribution in [3.05, 3.63) is 57.9 Å². The molecular formula is C18H13BrF3N5OS. The monoisotopic (exact) mass is 483 g/mol. The first-order chi connectivity index (χ1) is 13.8. The number of nitrogens with one attached hydrogen (secondary N) is 1. The number of ether oxygens (including phenoxy) is 1. The third-order valence-corrected chi connectivity index (χ3v) is 5.63. The Bertz CT molecular complexity index is 1210. The largest absolute Gasteiger partial charge is 0.573 e. The van der Waals surface area contributed by atoms with Gasteiger partial charge in [0.2, 0.25) is 0 Å². The molecule has 6 nitrogen and oxygen atoms in total. The minimum absolute atomic E-state index is 0.234. The van der Waals surface area contributed by atoms with Gasteiger partial charge in [-0.05, 0) is 30.3 Å². The average Bonchev–Trinajstić information content (AvgIpc) is 3.23. The van der Waals surface area contributed by atoms with Crippen molar-refractivity contribution in [3.8, 4) is 17.0 Å². The number of halogens is 4. The van der Waals surface area contributed by atoms with Gasteiger partial charge in [0.1, 0.15) is 11.4 Å². The van der Waals surface area contributed by atoms with Gasteiger partial charge in [-0.15, -0.1) is 18.3 Å². The second-order valence-electron chi connectivity index (χ2n) is 6.11. The smallest absolute Gasteiger partial charge is 0.406 e. The van der Waals surface area contributed by atoms with Crippen LogP contribution in [0.1, 0.15) is 0 Å². The molecule has 0 amide bonds. The zero-order valence-corrected chi connectivity index (χ0v) is 17.1. The standard InChI is InChI=1S/C18H13BrF3N5OS/c19-12-3-1-11(2-4-12)14-10-26(25-24-14)7-8-27-15-6-5-13(28-18(20,21)22)9-16(15)29-17(27)23/h1-6,9-10,23H,7-8H2. The van der Waals surface area contributed by atoms with E-state index in [9.17, 15) is 13.2 Å². The molecule has 0 bridgehead atoms. The Balaban J connectivity index is 1.52. The van der Waals surface area contributed by atoms with Crippen molar-refractivity contribution in [2.75, 3.05) is 0 Å². The van der Waals surface area contributed by atoms with E-state index in [2.05, 4.69) is 31.0 Å². The van der Waals surface area contributed by atoms with Gasteiger partial charge in [-0.25, -0.2) is 0 Å². The maximum atomic E-state index is 12.4. The lowest BCUT2D eigenvalue weighted by Crippen LogP contribution is -2.17. The second-order valence-corrected chi connectivity index (χ2v) is 8.06. The Morgan fingerprint density at radius 3 is 2.59 bits per heavy atom. The van der Waals surface area contributed by atoms with Crippen molar-refractivity contribution < 1.29 is 17.9 Å². The van der Waals surface area contributed by atoms with Gasteiger partial charge in [-0.3, -0.25) is 10.1 Å². The third-order valence-electron chi connectivity index (χ3n) is 4.14. The molecule has 0 radical (unpaired) electrons. The van der Waals surface area contributed by atoms with Gasteiger partial charge in [-0.1, -0.05) is 44.6 Å². The maximum absolute atomic E-state index is 12.4. The first-order valence-electron chi connectivity index (χ1n) is 8.38. The predicted octanol–water partition coefficient (Wildman–Crippen LogP) is 4.80. The zero-order valence-electron chi connectivity index (χ0n) is 14.7. The van der Waals surface area contributed by atoms with Crippen molar-refractivity contribution >= 4 is 37.5 Å². The Kier molecular flexibility index (Phi) is 5.17. The minimum atomic E-state index is -4.75. The highest BCUT2D eigenvalue weighted by Crippen LogP contribution is 2.28. The normalized spacial score (nSPS) is 11.9. The van der Waals surface area contributed by atoms with E-state index < -0.39 is 6.36 Å². The fraction of sp³-hybridized carbons (Fsp3) is 0.167. The lowest BCUT2D eigenvalue weighted by molar-refractivity contribution is -0.274. The minimum Gasteiger partial charge on any atom is -0.406 e. The van der Waals surface area contributed by atoms with Gasteiger partial charge in [0.15, 0.2) is 4.80 Å². The number of hydrogen-bond acceptors (Lipinski definition) is 5. The molecular weight excluding hydrogens is 471 g/mol. The van der Waals surface area contributed by atoms with Crippen LogP contribution in [0.4, 0.5) is 13.2 Å². The summed E-state index contributed by atoms with van der Waals surface area (Å²) in [6.07, 6.45) is -2.93. The molecule has 1 N–H and O–H groups in total. The van der Waals surface area contributed by atoms with E-state index in [0.717, 1.165) is 27.1 Å². The summed E-state index contributed by atoms with van der Waals surface area (Å²) in [5.41, 5.74) is 2.34. The van der Waals surface area contributed by atoms with Crippen LogP contribution in [-0.4, -0.2) is 25.9 Å².